The summed E-state index contributed by atoms with van der Waals surface area (Å²) in [6, 6.07) is 9.87. The van der Waals surface area contributed by atoms with E-state index in [9.17, 15) is 0 Å². The maximum absolute atomic E-state index is 6.16. The van der Waals surface area contributed by atoms with Crippen molar-refractivity contribution in [1.29, 1.82) is 0 Å². The van der Waals surface area contributed by atoms with Gasteiger partial charge in [-0.15, -0.1) is 0 Å². The Morgan fingerprint density at radius 2 is 2.00 bits per heavy atom. The number of nitrogens with zero attached hydrogens (tertiary/aromatic N) is 1. The molecule has 0 aliphatic carbocycles. The number of rotatable bonds is 4. The number of hydrogen-bond acceptors (Lipinski definition) is 3. The number of aromatic nitrogens is 1. The molecule has 104 valence electrons. The summed E-state index contributed by atoms with van der Waals surface area (Å²) in [5.41, 5.74) is 1.82. The average Bonchev–Trinajstić information content (AvgIpc) is 2.40. The van der Waals surface area contributed by atoms with E-state index >= 15 is 0 Å². The van der Waals surface area contributed by atoms with Crippen molar-refractivity contribution < 1.29 is 4.74 Å². The minimum absolute atomic E-state index is 0.449. The van der Waals surface area contributed by atoms with Crippen molar-refractivity contribution in [2.24, 2.45) is 0 Å². The van der Waals surface area contributed by atoms with Gasteiger partial charge in [0.25, 0.3) is 0 Å². The molecule has 3 nitrogen and oxygen atoms in total. The Morgan fingerprint density at radius 3 is 2.65 bits per heavy atom. The molecule has 1 atom stereocenters. The standard InChI is InChI=1S/C15H14Cl2N2O/c16-11-3-1-10(2-4-11)14-7-13(8-19-15(14)17)20-9-12-5-6-18-12/h1-4,7-8,12,18H,5-6,9H2. The number of hydrogen-bond donors (Lipinski definition) is 1. The first-order valence-corrected chi connectivity index (χ1v) is 7.25. The van der Waals surface area contributed by atoms with Crippen molar-refractivity contribution in [3.63, 3.8) is 0 Å². The number of benzene rings is 1. The Hall–Kier alpha value is -1.29. The zero-order valence-electron chi connectivity index (χ0n) is 10.8. The van der Waals surface area contributed by atoms with Crippen LogP contribution in [0.5, 0.6) is 5.75 Å². The van der Waals surface area contributed by atoms with Crippen molar-refractivity contribution in [3.05, 3.63) is 46.7 Å². The molecule has 0 bridgehead atoms. The van der Waals surface area contributed by atoms with Gasteiger partial charge in [-0.1, -0.05) is 35.3 Å². The van der Waals surface area contributed by atoms with E-state index < -0.39 is 0 Å². The van der Waals surface area contributed by atoms with Gasteiger partial charge >= 0.3 is 0 Å². The Labute approximate surface area is 127 Å². The molecule has 1 aliphatic rings. The van der Waals surface area contributed by atoms with Crippen molar-refractivity contribution in [2.45, 2.75) is 12.5 Å². The first-order chi connectivity index (χ1) is 9.72. The highest BCUT2D eigenvalue weighted by Gasteiger charge is 2.17. The largest absolute Gasteiger partial charge is 0.490 e. The van der Waals surface area contributed by atoms with E-state index in [1.165, 1.54) is 0 Å². The van der Waals surface area contributed by atoms with Crippen molar-refractivity contribution in [3.8, 4) is 16.9 Å². The fourth-order valence-corrected chi connectivity index (χ4v) is 2.37. The van der Waals surface area contributed by atoms with Crippen LogP contribution >= 0.6 is 23.2 Å². The molecule has 1 saturated heterocycles. The third-order valence-corrected chi connectivity index (χ3v) is 3.90. The predicted octanol–water partition coefficient (Wildman–Crippen LogP) is 3.80. The van der Waals surface area contributed by atoms with Gasteiger partial charge in [-0.25, -0.2) is 4.98 Å². The second kappa shape index (κ2) is 6.00. The van der Waals surface area contributed by atoms with Crippen LogP contribution in [0.3, 0.4) is 0 Å². The van der Waals surface area contributed by atoms with Gasteiger partial charge in [0.05, 0.1) is 6.20 Å². The third kappa shape index (κ3) is 3.06. The molecule has 1 aromatic carbocycles. The predicted molar refractivity (Wildman–Crippen MR) is 81.6 cm³/mol. The molecule has 2 heterocycles. The van der Waals surface area contributed by atoms with Crippen LogP contribution in [0, 0.1) is 0 Å². The molecular formula is C15H14Cl2N2O. The van der Waals surface area contributed by atoms with Gasteiger partial charge in [0.15, 0.2) is 0 Å². The van der Waals surface area contributed by atoms with Crippen molar-refractivity contribution in [2.75, 3.05) is 13.2 Å². The molecular weight excluding hydrogens is 295 g/mol. The molecule has 0 amide bonds. The van der Waals surface area contributed by atoms with Crippen LogP contribution < -0.4 is 10.1 Å². The Bertz CT molecular complexity index is 597. The van der Waals surface area contributed by atoms with Crippen LogP contribution in [0.25, 0.3) is 11.1 Å². The van der Waals surface area contributed by atoms with Crippen LogP contribution in [-0.2, 0) is 0 Å². The SMILES string of the molecule is Clc1ccc(-c2cc(OCC3CCN3)cnc2Cl)cc1. The van der Waals surface area contributed by atoms with Crippen molar-refractivity contribution in [1.82, 2.24) is 10.3 Å². The highest BCUT2D eigenvalue weighted by atomic mass is 35.5. The quantitative estimate of drug-likeness (QED) is 0.872. The van der Waals surface area contributed by atoms with Gasteiger partial charge < -0.3 is 10.1 Å². The normalized spacial score (nSPS) is 17.6. The summed E-state index contributed by atoms with van der Waals surface area (Å²) in [5.74, 6) is 0.730. The molecule has 0 spiro atoms. The first-order valence-electron chi connectivity index (χ1n) is 6.50. The summed E-state index contributed by atoms with van der Waals surface area (Å²) >= 11 is 12.1. The number of ether oxygens (including phenoxy) is 1. The van der Waals surface area contributed by atoms with E-state index in [1.807, 2.05) is 30.3 Å². The zero-order valence-corrected chi connectivity index (χ0v) is 12.3. The highest BCUT2D eigenvalue weighted by Crippen LogP contribution is 2.30. The third-order valence-electron chi connectivity index (χ3n) is 3.35. The summed E-state index contributed by atoms with van der Waals surface area (Å²) in [5, 5.41) is 4.45. The molecule has 1 unspecified atom stereocenters. The highest BCUT2D eigenvalue weighted by molar-refractivity contribution is 6.32. The Morgan fingerprint density at radius 1 is 1.25 bits per heavy atom. The minimum atomic E-state index is 0.449. The lowest BCUT2D eigenvalue weighted by Crippen LogP contribution is -2.46. The summed E-state index contributed by atoms with van der Waals surface area (Å²) in [4.78, 5) is 4.19. The fourth-order valence-electron chi connectivity index (χ4n) is 2.03. The molecule has 1 aliphatic heterocycles. The number of pyridine rings is 1. The summed E-state index contributed by atoms with van der Waals surface area (Å²) in [7, 11) is 0. The van der Waals surface area contributed by atoms with Crippen LogP contribution in [-0.4, -0.2) is 24.2 Å². The van der Waals surface area contributed by atoms with Crippen molar-refractivity contribution >= 4 is 23.2 Å². The maximum atomic E-state index is 6.16. The lowest BCUT2D eigenvalue weighted by atomic mass is 10.1. The topological polar surface area (TPSA) is 34.1 Å². The molecule has 0 radical (unpaired) electrons. The molecule has 0 saturated carbocycles. The van der Waals surface area contributed by atoms with Crippen LogP contribution in [0.2, 0.25) is 10.2 Å². The lowest BCUT2D eigenvalue weighted by Gasteiger charge is -2.27. The molecule has 1 N–H and O–H groups in total. The van der Waals surface area contributed by atoms with Gasteiger partial charge in [-0.05, 0) is 36.7 Å². The smallest absolute Gasteiger partial charge is 0.138 e. The summed E-state index contributed by atoms with van der Waals surface area (Å²) < 4.78 is 5.74. The van der Waals surface area contributed by atoms with E-state index in [0.29, 0.717) is 22.8 Å². The Kier molecular flexibility index (Phi) is 4.10. The zero-order chi connectivity index (χ0) is 13.9. The molecule has 5 heteroatoms. The van der Waals surface area contributed by atoms with E-state index in [2.05, 4.69) is 10.3 Å². The fraction of sp³-hybridized carbons (Fsp3) is 0.267. The molecule has 20 heavy (non-hydrogen) atoms. The molecule has 3 rings (SSSR count). The lowest BCUT2D eigenvalue weighted by molar-refractivity contribution is 0.217. The van der Waals surface area contributed by atoms with E-state index in [0.717, 1.165) is 29.8 Å². The molecule has 1 fully saturated rings. The van der Waals surface area contributed by atoms with Gasteiger partial charge in [-0.2, -0.15) is 0 Å². The van der Waals surface area contributed by atoms with Crippen LogP contribution in [0.4, 0.5) is 0 Å². The van der Waals surface area contributed by atoms with E-state index in [-0.39, 0.29) is 0 Å². The van der Waals surface area contributed by atoms with Crippen LogP contribution in [0.15, 0.2) is 36.5 Å². The molecule has 1 aromatic heterocycles. The monoisotopic (exact) mass is 308 g/mol. The number of halogens is 2. The summed E-state index contributed by atoms with van der Waals surface area (Å²) in [6.07, 6.45) is 2.81. The number of nitrogens with one attached hydrogen (secondary N) is 1. The first kappa shape index (κ1) is 13.7. The summed E-state index contributed by atoms with van der Waals surface area (Å²) in [6.45, 7) is 1.73. The van der Waals surface area contributed by atoms with Gasteiger partial charge in [-0.3, -0.25) is 0 Å². The second-order valence-corrected chi connectivity index (χ2v) is 5.56. The minimum Gasteiger partial charge on any atom is -0.490 e. The van der Waals surface area contributed by atoms with E-state index in [4.69, 9.17) is 27.9 Å². The van der Waals surface area contributed by atoms with Gasteiger partial charge in [0.1, 0.15) is 17.5 Å². The second-order valence-electron chi connectivity index (χ2n) is 4.77. The molecule has 2 aromatic rings. The maximum Gasteiger partial charge on any atom is 0.138 e. The Balaban J connectivity index is 1.80. The van der Waals surface area contributed by atoms with Crippen LogP contribution in [0.1, 0.15) is 6.42 Å². The van der Waals surface area contributed by atoms with E-state index in [1.54, 1.807) is 6.20 Å². The van der Waals surface area contributed by atoms with Gasteiger partial charge in [0, 0.05) is 16.6 Å². The average molecular weight is 309 g/mol. The van der Waals surface area contributed by atoms with Gasteiger partial charge in [0.2, 0.25) is 0 Å².